The van der Waals surface area contributed by atoms with Crippen molar-refractivity contribution >= 4 is 44.6 Å². The van der Waals surface area contributed by atoms with E-state index in [0.29, 0.717) is 56.1 Å². The number of amides is 4. The van der Waals surface area contributed by atoms with Crippen LogP contribution in [0.1, 0.15) is 79.6 Å². The summed E-state index contributed by atoms with van der Waals surface area (Å²) in [5, 5.41) is 14.4. The van der Waals surface area contributed by atoms with Crippen LogP contribution in [0.15, 0.2) is 42.6 Å². The lowest BCUT2D eigenvalue weighted by Gasteiger charge is -2.45. The van der Waals surface area contributed by atoms with Gasteiger partial charge in [0.1, 0.15) is 35.0 Å². The number of benzene rings is 1. The fourth-order valence-corrected chi connectivity index (χ4v) is 9.40. The summed E-state index contributed by atoms with van der Waals surface area (Å²) in [4.78, 5) is 61.8. The van der Waals surface area contributed by atoms with Gasteiger partial charge >= 0.3 is 12.3 Å². The zero-order valence-electron chi connectivity index (χ0n) is 32.8. The second-order valence-electron chi connectivity index (χ2n) is 16.8. The van der Waals surface area contributed by atoms with Gasteiger partial charge in [0, 0.05) is 23.9 Å². The number of aromatic nitrogens is 1. The molecule has 3 heterocycles. The lowest BCUT2D eigenvalue weighted by atomic mass is 9.85. The van der Waals surface area contributed by atoms with E-state index < -0.39 is 85.9 Å². The van der Waals surface area contributed by atoms with Crippen LogP contribution in [-0.2, 0) is 24.4 Å². The molecule has 1 aromatic heterocycles. The predicted molar refractivity (Wildman–Crippen MR) is 202 cm³/mol. The van der Waals surface area contributed by atoms with Gasteiger partial charge in [-0.15, -0.1) is 0 Å². The lowest BCUT2D eigenvalue weighted by Crippen LogP contribution is -2.66. The van der Waals surface area contributed by atoms with Crippen LogP contribution in [0.25, 0.3) is 10.8 Å². The summed E-state index contributed by atoms with van der Waals surface area (Å²) in [6.07, 6.45) is -1.30. The van der Waals surface area contributed by atoms with Gasteiger partial charge in [-0.2, -0.15) is 13.2 Å². The molecular weight excluding hydrogens is 772 g/mol. The van der Waals surface area contributed by atoms with Crippen LogP contribution in [0.4, 0.5) is 18.0 Å². The molecule has 2 aromatic rings. The number of halogens is 3. The first-order valence-electron chi connectivity index (χ1n) is 19.1. The summed E-state index contributed by atoms with van der Waals surface area (Å²) >= 11 is 0. The van der Waals surface area contributed by atoms with Gasteiger partial charge in [-0.1, -0.05) is 26.0 Å². The maximum atomic E-state index is 15.0. The normalized spacial score (nSPS) is 29.8. The van der Waals surface area contributed by atoms with Crippen molar-refractivity contribution in [2.24, 2.45) is 17.8 Å². The van der Waals surface area contributed by atoms with Crippen LogP contribution in [-0.4, -0.2) is 106 Å². The predicted octanol–water partition coefficient (Wildman–Crippen LogP) is 5.17. The van der Waals surface area contributed by atoms with Crippen molar-refractivity contribution in [2.45, 2.75) is 120 Å². The van der Waals surface area contributed by atoms with E-state index >= 15 is 0 Å². The molecule has 18 heteroatoms. The van der Waals surface area contributed by atoms with Crippen LogP contribution in [0.2, 0.25) is 0 Å². The van der Waals surface area contributed by atoms with Crippen molar-refractivity contribution in [3.63, 3.8) is 0 Å². The molecule has 2 unspecified atom stereocenters. The van der Waals surface area contributed by atoms with E-state index in [9.17, 15) is 45.9 Å². The molecule has 57 heavy (non-hydrogen) atoms. The molecule has 2 saturated carbocycles. The van der Waals surface area contributed by atoms with E-state index in [1.807, 2.05) is 6.92 Å². The summed E-state index contributed by atoms with van der Waals surface area (Å²) in [5.41, 5.74) is -4.74. The number of hydrogen-bond acceptors (Lipinski definition) is 9. The highest BCUT2D eigenvalue weighted by Crippen LogP contribution is 2.48. The number of pyridine rings is 1. The number of nitrogens with zero attached hydrogens (tertiary/aromatic N) is 3. The highest BCUT2D eigenvalue weighted by molar-refractivity contribution is 7.91. The van der Waals surface area contributed by atoms with Gasteiger partial charge in [-0.25, -0.2) is 18.2 Å². The number of fused-ring (bicyclic) bond motifs is 3. The summed E-state index contributed by atoms with van der Waals surface area (Å²) in [5.74, 6) is -3.88. The Kier molecular flexibility index (Phi) is 11.0. The number of nitrogens with one attached hydrogen (secondary N) is 2. The molecule has 3 fully saturated rings. The van der Waals surface area contributed by atoms with Crippen molar-refractivity contribution in [1.29, 1.82) is 0 Å². The Hall–Kier alpha value is -4.61. The summed E-state index contributed by atoms with van der Waals surface area (Å²) in [6, 6.07) is 3.53. The third-order valence-electron chi connectivity index (χ3n) is 12.2. The number of rotatable bonds is 8. The molecule has 0 radical (unpaired) electrons. The van der Waals surface area contributed by atoms with E-state index in [-0.39, 0.29) is 42.5 Å². The standard InChI is InChI=1S/C39H50F3N5O9S/c1-22-9-7-8-10-25-20-38(25,34(50)45-57(53,54)37(5)14-15-37)44-31(48)29-19-27(56-32-28-12-11-26(55-6)18-24(28)13-16-43-32)21-46(29)33(49)30(23(2)17-22)47(35(51)52)36(3,4)39(40,41)42/h8,10-13,16,18,22-23,25,27,29-30H,7,9,14-15,17,19-21H2,1-6H3,(H,44,48)(H,45,50)(H,51,52)/b10-8-/t22-,23-,25?,27-,29+,30+,38?/m1/s1. The van der Waals surface area contributed by atoms with E-state index in [2.05, 4.69) is 15.0 Å². The van der Waals surface area contributed by atoms with Gasteiger partial charge in [0.05, 0.1) is 18.4 Å². The Bertz CT molecular complexity index is 2070. The number of carboxylic acid groups (broad SMARTS) is 1. The topological polar surface area (TPSA) is 185 Å². The first-order chi connectivity index (χ1) is 26.5. The number of ether oxygens (including phenoxy) is 2. The molecule has 4 amide bonds. The fraction of sp³-hybridized carbons (Fsp3) is 0.615. The van der Waals surface area contributed by atoms with E-state index in [0.717, 1.165) is 4.90 Å². The van der Waals surface area contributed by atoms with Gasteiger partial charge in [-0.05, 0) is 101 Å². The van der Waals surface area contributed by atoms with Crippen molar-refractivity contribution in [2.75, 3.05) is 13.7 Å². The van der Waals surface area contributed by atoms with Crippen LogP contribution >= 0.6 is 0 Å². The summed E-state index contributed by atoms with van der Waals surface area (Å²) < 4.78 is 83.1. The summed E-state index contributed by atoms with van der Waals surface area (Å²) in [7, 11) is -2.60. The molecule has 14 nitrogen and oxygen atoms in total. The van der Waals surface area contributed by atoms with Crippen LogP contribution in [0.3, 0.4) is 0 Å². The Labute approximate surface area is 329 Å². The number of allylic oxidation sites excluding steroid dienone is 1. The van der Waals surface area contributed by atoms with Crippen molar-refractivity contribution < 1.29 is 55.3 Å². The molecule has 4 aliphatic rings. The number of alkyl halides is 3. The maximum Gasteiger partial charge on any atom is 0.411 e. The first-order valence-corrected chi connectivity index (χ1v) is 20.6. The van der Waals surface area contributed by atoms with Crippen molar-refractivity contribution in [1.82, 2.24) is 24.8 Å². The molecule has 312 valence electrons. The Morgan fingerprint density at radius 3 is 2.46 bits per heavy atom. The van der Waals surface area contributed by atoms with Gasteiger partial charge in [0.25, 0.3) is 5.91 Å². The summed E-state index contributed by atoms with van der Waals surface area (Å²) in [6.45, 7) is 5.93. The quantitative estimate of drug-likeness (QED) is 0.301. The second kappa shape index (κ2) is 15.0. The van der Waals surface area contributed by atoms with Gasteiger partial charge in [0.15, 0.2) is 0 Å². The number of sulfonamides is 1. The van der Waals surface area contributed by atoms with Gasteiger partial charge in [-0.3, -0.25) is 24.0 Å². The maximum absolute atomic E-state index is 15.0. The largest absolute Gasteiger partial charge is 0.497 e. The van der Waals surface area contributed by atoms with Gasteiger partial charge in [0.2, 0.25) is 27.7 Å². The second-order valence-corrected chi connectivity index (χ2v) is 19.0. The van der Waals surface area contributed by atoms with E-state index in [1.54, 1.807) is 36.4 Å². The number of carbonyl (C=O) groups is 4. The number of hydrogen-bond donors (Lipinski definition) is 3. The van der Waals surface area contributed by atoms with Crippen LogP contribution < -0.4 is 19.5 Å². The molecule has 6 rings (SSSR count). The molecule has 1 saturated heterocycles. The highest BCUT2D eigenvalue weighted by Gasteiger charge is 2.64. The number of carbonyl (C=O) groups excluding carboxylic acids is 3. The van der Waals surface area contributed by atoms with Crippen LogP contribution in [0, 0.1) is 17.8 Å². The van der Waals surface area contributed by atoms with Crippen molar-refractivity contribution in [3.05, 3.63) is 42.6 Å². The average Bonchev–Trinajstić information content (AvgIpc) is 4.01. The molecule has 2 aliphatic carbocycles. The Morgan fingerprint density at radius 2 is 1.82 bits per heavy atom. The Balaban J connectivity index is 1.42. The molecule has 3 N–H and O–H groups in total. The lowest BCUT2D eigenvalue weighted by molar-refractivity contribution is -0.222. The minimum absolute atomic E-state index is 0.0546. The minimum atomic E-state index is -5.09. The highest BCUT2D eigenvalue weighted by atomic mass is 32.2. The third kappa shape index (κ3) is 7.97. The fourth-order valence-electron chi connectivity index (χ4n) is 8.09. The SMILES string of the molecule is COc1ccc2c(O[C@@H]3C[C@H]4C(=O)NC5(C(=O)NS(=O)(=O)C6(C)CC6)CC5/C=C\CC[C@@H](C)C[C@@H](C)[C@H](N(C(=O)O)C(C)(C)C(F)(F)F)C(=O)N4C3)nccc2c1. The van der Waals surface area contributed by atoms with Crippen molar-refractivity contribution in [3.8, 4) is 11.6 Å². The molecular formula is C39H50F3N5O9S. The molecule has 2 aliphatic heterocycles. The third-order valence-corrected chi connectivity index (χ3v) is 14.4. The Morgan fingerprint density at radius 1 is 1.12 bits per heavy atom. The zero-order chi connectivity index (χ0) is 41.9. The van der Waals surface area contributed by atoms with Gasteiger partial charge < -0.3 is 24.8 Å². The molecule has 1 aromatic carbocycles. The molecule has 7 atom stereocenters. The van der Waals surface area contributed by atoms with Crippen LogP contribution in [0.5, 0.6) is 11.6 Å². The average molecular weight is 822 g/mol. The number of methoxy groups -OCH3 is 1. The minimum Gasteiger partial charge on any atom is -0.497 e. The monoisotopic (exact) mass is 821 g/mol. The van der Waals surface area contributed by atoms with E-state index in [1.165, 1.54) is 27.2 Å². The zero-order valence-corrected chi connectivity index (χ0v) is 33.6. The first kappa shape index (κ1) is 42.0. The van der Waals surface area contributed by atoms with E-state index in [4.69, 9.17) is 9.47 Å². The molecule has 0 bridgehead atoms. The molecule has 0 spiro atoms. The smallest absolute Gasteiger partial charge is 0.411 e.